The number of ether oxygens (including phenoxy) is 1. The van der Waals surface area contributed by atoms with E-state index in [-0.39, 0.29) is 10.8 Å². The lowest BCUT2D eigenvalue weighted by molar-refractivity contribution is 0.0308. The molecule has 0 saturated carbocycles. The lowest BCUT2D eigenvalue weighted by Gasteiger charge is -2.42. The molecular formula is C31H33BrClN3OS. The molecule has 0 aliphatic carbocycles. The number of H-pyrrole nitrogens is 1. The Morgan fingerprint density at radius 3 is 2.55 bits per heavy atom. The van der Waals surface area contributed by atoms with E-state index >= 15 is 0 Å². The molecule has 1 aromatic heterocycles. The molecule has 2 fully saturated rings. The maximum absolute atomic E-state index is 6.38. The predicted molar refractivity (Wildman–Crippen MR) is 162 cm³/mol. The number of halogens is 2. The van der Waals surface area contributed by atoms with E-state index in [1.165, 1.54) is 27.0 Å². The van der Waals surface area contributed by atoms with E-state index in [9.17, 15) is 0 Å². The summed E-state index contributed by atoms with van der Waals surface area (Å²) < 4.78 is 6.82. The topological polar surface area (TPSA) is 31.5 Å². The third kappa shape index (κ3) is 5.58. The molecule has 198 valence electrons. The molecular weight excluding hydrogens is 578 g/mol. The van der Waals surface area contributed by atoms with Crippen molar-refractivity contribution in [2.75, 3.05) is 39.4 Å². The Labute approximate surface area is 242 Å². The van der Waals surface area contributed by atoms with Crippen LogP contribution in [0.3, 0.4) is 0 Å². The Morgan fingerprint density at radius 1 is 1.03 bits per heavy atom. The minimum absolute atomic E-state index is 0.0171. The zero-order chi connectivity index (χ0) is 26.1. The van der Waals surface area contributed by atoms with Crippen molar-refractivity contribution in [1.82, 2.24) is 14.8 Å². The highest BCUT2D eigenvalue weighted by atomic mass is 79.9. The number of aromatic nitrogens is 1. The minimum Gasteiger partial charge on any atom is -0.379 e. The van der Waals surface area contributed by atoms with Crippen LogP contribution >= 0.6 is 39.3 Å². The number of hydrogen-bond acceptors (Lipinski definition) is 4. The van der Waals surface area contributed by atoms with Gasteiger partial charge in [-0.3, -0.25) is 9.80 Å². The van der Waals surface area contributed by atoms with Crippen LogP contribution in [-0.2, 0) is 11.3 Å². The zero-order valence-electron chi connectivity index (χ0n) is 21.6. The van der Waals surface area contributed by atoms with Crippen LogP contribution in [-0.4, -0.2) is 58.9 Å². The van der Waals surface area contributed by atoms with E-state index in [0.717, 1.165) is 67.4 Å². The molecule has 4 nitrogen and oxygen atoms in total. The fourth-order valence-electron chi connectivity index (χ4n) is 6.04. The van der Waals surface area contributed by atoms with Gasteiger partial charge >= 0.3 is 0 Å². The van der Waals surface area contributed by atoms with Crippen molar-refractivity contribution < 1.29 is 4.74 Å². The molecule has 38 heavy (non-hydrogen) atoms. The Balaban J connectivity index is 1.45. The molecule has 3 heterocycles. The quantitative estimate of drug-likeness (QED) is 0.232. The zero-order valence-corrected chi connectivity index (χ0v) is 24.8. The first-order valence-electron chi connectivity index (χ1n) is 13.3. The van der Waals surface area contributed by atoms with Crippen molar-refractivity contribution in [2.24, 2.45) is 0 Å². The summed E-state index contributed by atoms with van der Waals surface area (Å²) >= 11 is 12.1. The van der Waals surface area contributed by atoms with E-state index in [1.807, 2.05) is 12.1 Å². The summed E-state index contributed by atoms with van der Waals surface area (Å²) in [7, 11) is 0. The van der Waals surface area contributed by atoms with Crippen LogP contribution in [0.25, 0.3) is 10.9 Å². The second-order valence-corrected chi connectivity index (χ2v) is 13.4. The van der Waals surface area contributed by atoms with Crippen molar-refractivity contribution in [2.45, 2.75) is 35.6 Å². The van der Waals surface area contributed by atoms with E-state index in [1.54, 1.807) is 0 Å². The lowest BCUT2D eigenvalue weighted by atomic mass is 9.91. The summed E-state index contributed by atoms with van der Waals surface area (Å²) in [4.78, 5) is 10.2. The van der Waals surface area contributed by atoms with Crippen LogP contribution in [0.15, 0.2) is 82.3 Å². The summed E-state index contributed by atoms with van der Waals surface area (Å²) in [6.07, 6.45) is 3.35. The van der Waals surface area contributed by atoms with Gasteiger partial charge in [0.25, 0.3) is 0 Å². The standard InChI is InChI=1S/C31H33BrClN3OS/c1-22-2-9-26(10-3-22)38-31(21-35-14-16-37-17-15-35)12-13-36(20-23-4-6-24(32)7-5-23)30(31)28-19-34-29-18-25(33)8-11-27(28)29/h2-11,18-19,30,34H,12-17,20-21H2,1H3/t30-,31?/m0/s1. The van der Waals surface area contributed by atoms with Gasteiger partial charge < -0.3 is 9.72 Å². The van der Waals surface area contributed by atoms with Gasteiger partial charge in [-0.1, -0.05) is 63.4 Å². The van der Waals surface area contributed by atoms with Gasteiger partial charge in [0.05, 0.1) is 24.0 Å². The van der Waals surface area contributed by atoms with Crippen LogP contribution in [0.5, 0.6) is 0 Å². The maximum Gasteiger partial charge on any atom is 0.0594 e. The number of morpholine rings is 1. The second-order valence-electron chi connectivity index (χ2n) is 10.6. The summed E-state index contributed by atoms with van der Waals surface area (Å²) in [5.74, 6) is 0. The normalized spacial score (nSPS) is 22.9. The molecule has 2 atom stereocenters. The largest absolute Gasteiger partial charge is 0.379 e. The van der Waals surface area contributed by atoms with Crippen molar-refractivity contribution >= 4 is 50.2 Å². The van der Waals surface area contributed by atoms with Gasteiger partial charge in [-0.25, -0.2) is 0 Å². The monoisotopic (exact) mass is 609 g/mol. The van der Waals surface area contributed by atoms with Crippen molar-refractivity contribution in [3.8, 4) is 0 Å². The van der Waals surface area contributed by atoms with Gasteiger partial charge in [-0.15, -0.1) is 11.8 Å². The molecule has 6 rings (SSSR count). The van der Waals surface area contributed by atoms with Crippen LogP contribution < -0.4 is 0 Å². The molecule has 4 aromatic rings. The first kappa shape index (κ1) is 26.4. The second kappa shape index (κ2) is 11.4. The third-order valence-electron chi connectivity index (χ3n) is 7.89. The molecule has 2 aliphatic heterocycles. The van der Waals surface area contributed by atoms with E-state index < -0.39 is 0 Å². The number of likely N-dealkylation sites (tertiary alicyclic amines) is 1. The van der Waals surface area contributed by atoms with Gasteiger partial charge in [0, 0.05) is 64.2 Å². The Bertz CT molecular complexity index is 1390. The highest BCUT2D eigenvalue weighted by Crippen LogP contribution is 2.54. The molecule has 0 spiro atoms. The van der Waals surface area contributed by atoms with Crippen molar-refractivity contribution in [1.29, 1.82) is 0 Å². The molecule has 2 aliphatic rings. The Kier molecular flexibility index (Phi) is 7.90. The molecule has 2 saturated heterocycles. The number of aryl methyl sites for hydroxylation is 1. The van der Waals surface area contributed by atoms with Crippen molar-refractivity contribution in [3.63, 3.8) is 0 Å². The Morgan fingerprint density at radius 2 is 1.79 bits per heavy atom. The highest BCUT2D eigenvalue weighted by molar-refractivity contribution is 9.10. The summed E-state index contributed by atoms with van der Waals surface area (Å²) in [6.45, 7) is 8.73. The number of thioether (sulfide) groups is 1. The van der Waals surface area contributed by atoms with Crippen LogP contribution in [0.1, 0.15) is 29.2 Å². The summed E-state index contributed by atoms with van der Waals surface area (Å²) in [5.41, 5.74) is 5.09. The molecule has 3 aromatic carbocycles. The highest BCUT2D eigenvalue weighted by Gasteiger charge is 2.50. The lowest BCUT2D eigenvalue weighted by Crippen LogP contribution is -2.48. The molecule has 0 bridgehead atoms. The summed E-state index contributed by atoms with van der Waals surface area (Å²) in [5, 5.41) is 2.02. The maximum atomic E-state index is 6.38. The van der Waals surface area contributed by atoms with Gasteiger partial charge in [0.2, 0.25) is 0 Å². The van der Waals surface area contributed by atoms with Gasteiger partial charge in [-0.05, 0) is 60.9 Å². The molecule has 1 unspecified atom stereocenters. The first-order chi connectivity index (χ1) is 18.5. The van der Waals surface area contributed by atoms with Gasteiger partial charge in [0.1, 0.15) is 0 Å². The number of nitrogens with zero attached hydrogens (tertiary/aromatic N) is 2. The van der Waals surface area contributed by atoms with E-state index in [0.29, 0.717) is 0 Å². The minimum atomic E-state index is -0.0171. The number of hydrogen-bond donors (Lipinski definition) is 1. The first-order valence-corrected chi connectivity index (χ1v) is 15.3. The molecule has 0 amide bonds. The third-order valence-corrected chi connectivity index (χ3v) is 10.1. The van der Waals surface area contributed by atoms with Gasteiger partial charge in [0.15, 0.2) is 0 Å². The Hall–Kier alpha value is -1.80. The van der Waals surface area contributed by atoms with E-state index in [4.69, 9.17) is 16.3 Å². The van der Waals surface area contributed by atoms with Crippen LogP contribution in [0, 0.1) is 6.92 Å². The average molecular weight is 611 g/mol. The average Bonchev–Trinajstić information content (AvgIpc) is 3.47. The predicted octanol–water partition coefficient (Wildman–Crippen LogP) is 7.70. The number of fused-ring (bicyclic) bond motifs is 1. The number of benzene rings is 3. The van der Waals surface area contributed by atoms with Crippen molar-refractivity contribution in [3.05, 3.63) is 99.1 Å². The number of rotatable bonds is 7. The fourth-order valence-corrected chi connectivity index (χ4v) is 8.04. The fraction of sp³-hybridized carbons (Fsp3) is 0.355. The number of nitrogens with one attached hydrogen (secondary N) is 1. The van der Waals surface area contributed by atoms with Gasteiger partial charge in [-0.2, -0.15) is 0 Å². The number of aromatic amines is 1. The van der Waals surface area contributed by atoms with Crippen LogP contribution in [0.4, 0.5) is 0 Å². The molecule has 7 heteroatoms. The smallest absolute Gasteiger partial charge is 0.0594 e. The molecule has 0 radical (unpaired) electrons. The summed E-state index contributed by atoms with van der Waals surface area (Å²) in [6, 6.07) is 24.3. The molecule has 1 N–H and O–H groups in total. The van der Waals surface area contributed by atoms with E-state index in [2.05, 4.69) is 110 Å². The SMILES string of the molecule is Cc1ccc(SC2(CN3CCOCC3)CCN(Cc3ccc(Br)cc3)[C@H]2c2c[nH]c3cc(Cl)ccc23)cc1. The van der Waals surface area contributed by atoms with Crippen LogP contribution in [0.2, 0.25) is 5.02 Å².